The summed E-state index contributed by atoms with van der Waals surface area (Å²) in [6, 6.07) is 3.48. The Labute approximate surface area is 116 Å². The van der Waals surface area contributed by atoms with Gasteiger partial charge in [0.05, 0.1) is 5.56 Å². The standard InChI is InChI=1S/C14H18BrNO2/c1-9-5-10(2)7-12(6-9)18-14(17)11-3-4-13(15)16-8-11/h3-4,8-10,12H,5-7H2,1-2H3. The van der Waals surface area contributed by atoms with Crippen molar-refractivity contribution >= 4 is 21.9 Å². The molecular formula is C14H18BrNO2. The molecule has 1 heterocycles. The Hall–Kier alpha value is -0.900. The van der Waals surface area contributed by atoms with Crippen molar-refractivity contribution in [3.8, 4) is 0 Å². The fourth-order valence-corrected chi connectivity index (χ4v) is 2.92. The van der Waals surface area contributed by atoms with Crippen LogP contribution in [0.3, 0.4) is 0 Å². The summed E-state index contributed by atoms with van der Waals surface area (Å²) in [5.41, 5.74) is 0.518. The van der Waals surface area contributed by atoms with Gasteiger partial charge in [0.15, 0.2) is 0 Å². The van der Waals surface area contributed by atoms with Gasteiger partial charge < -0.3 is 4.74 Å². The van der Waals surface area contributed by atoms with Crippen molar-refractivity contribution in [3.63, 3.8) is 0 Å². The summed E-state index contributed by atoms with van der Waals surface area (Å²) in [6.07, 6.45) is 4.77. The number of esters is 1. The van der Waals surface area contributed by atoms with E-state index < -0.39 is 0 Å². The van der Waals surface area contributed by atoms with Gasteiger partial charge in [-0.1, -0.05) is 13.8 Å². The highest BCUT2D eigenvalue weighted by Crippen LogP contribution is 2.30. The minimum Gasteiger partial charge on any atom is -0.459 e. The molecule has 0 bridgehead atoms. The van der Waals surface area contributed by atoms with Crippen molar-refractivity contribution in [1.29, 1.82) is 0 Å². The first kappa shape index (κ1) is 13.5. The van der Waals surface area contributed by atoms with Crippen molar-refractivity contribution in [2.24, 2.45) is 11.8 Å². The molecule has 1 aliphatic rings. The van der Waals surface area contributed by atoms with Gasteiger partial charge >= 0.3 is 5.97 Å². The molecule has 0 N–H and O–H groups in total. The molecule has 1 aromatic rings. The molecule has 0 amide bonds. The summed E-state index contributed by atoms with van der Waals surface area (Å²) >= 11 is 3.25. The molecule has 2 unspecified atom stereocenters. The largest absolute Gasteiger partial charge is 0.459 e. The normalized spacial score (nSPS) is 27.8. The van der Waals surface area contributed by atoms with Gasteiger partial charge in [0.2, 0.25) is 0 Å². The number of carbonyl (C=O) groups excluding carboxylic acids is 1. The van der Waals surface area contributed by atoms with Crippen LogP contribution in [0.1, 0.15) is 43.5 Å². The lowest BCUT2D eigenvalue weighted by Gasteiger charge is -2.30. The quantitative estimate of drug-likeness (QED) is 0.615. The molecule has 0 radical (unpaired) electrons. The molecule has 1 aromatic heterocycles. The van der Waals surface area contributed by atoms with E-state index in [1.54, 1.807) is 18.3 Å². The lowest BCUT2D eigenvalue weighted by Crippen LogP contribution is -2.28. The zero-order chi connectivity index (χ0) is 13.1. The highest BCUT2D eigenvalue weighted by atomic mass is 79.9. The van der Waals surface area contributed by atoms with Crippen LogP contribution in [0.4, 0.5) is 0 Å². The number of pyridine rings is 1. The van der Waals surface area contributed by atoms with Crippen molar-refractivity contribution < 1.29 is 9.53 Å². The third-order valence-corrected chi connectivity index (χ3v) is 3.84. The van der Waals surface area contributed by atoms with Gasteiger partial charge in [-0.15, -0.1) is 0 Å². The molecular weight excluding hydrogens is 294 g/mol. The molecule has 18 heavy (non-hydrogen) atoms. The third-order valence-electron chi connectivity index (χ3n) is 3.37. The van der Waals surface area contributed by atoms with E-state index >= 15 is 0 Å². The highest BCUT2D eigenvalue weighted by Gasteiger charge is 2.26. The maximum absolute atomic E-state index is 12.0. The number of aromatic nitrogens is 1. The number of hydrogen-bond donors (Lipinski definition) is 0. The Morgan fingerprint density at radius 1 is 1.28 bits per heavy atom. The summed E-state index contributed by atoms with van der Waals surface area (Å²) in [6.45, 7) is 4.44. The molecule has 0 aromatic carbocycles. The minimum atomic E-state index is -0.263. The van der Waals surface area contributed by atoms with E-state index in [1.165, 1.54) is 6.42 Å². The second-order valence-corrected chi connectivity index (χ2v) is 6.13. The summed E-state index contributed by atoms with van der Waals surface area (Å²) < 4.78 is 6.29. The van der Waals surface area contributed by atoms with E-state index in [4.69, 9.17) is 4.74 Å². The summed E-state index contributed by atoms with van der Waals surface area (Å²) in [7, 11) is 0. The number of rotatable bonds is 2. The van der Waals surface area contributed by atoms with Gasteiger partial charge in [-0.05, 0) is 59.2 Å². The van der Waals surface area contributed by atoms with E-state index in [-0.39, 0.29) is 12.1 Å². The zero-order valence-corrected chi connectivity index (χ0v) is 12.3. The van der Waals surface area contributed by atoms with Gasteiger partial charge in [-0.3, -0.25) is 0 Å². The predicted octanol–water partition coefficient (Wildman–Crippen LogP) is 3.83. The predicted molar refractivity (Wildman–Crippen MR) is 73.3 cm³/mol. The average molecular weight is 312 g/mol. The zero-order valence-electron chi connectivity index (χ0n) is 10.7. The second kappa shape index (κ2) is 5.83. The molecule has 2 atom stereocenters. The monoisotopic (exact) mass is 311 g/mol. The average Bonchev–Trinajstić information content (AvgIpc) is 2.28. The summed E-state index contributed by atoms with van der Waals surface area (Å²) in [5.74, 6) is 1.01. The van der Waals surface area contributed by atoms with Gasteiger partial charge in [0.1, 0.15) is 10.7 Å². The maximum Gasteiger partial charge on any atom is 0.339 e. The molecule has 98 valence electrons. The Morgan fingerprint density at radius 3 is 2.50 bits per heavy atom. The lowest BCUT2D eigenvalue weighted by molar-refractivity contribution is 0.00801. The topological polar surface area (TPSA) is 39.2 Å². The number of nitrogens with zero attached hydrogens (tertiary/aromatic N) is 1. The molecule has 0 aliphatic heterocycles. The fourth-order valence-electron chi connectivity index (χ4n) is 2.69. The molecule has 1 fully saturated rings. The SMILES string of the molecule is CC1CC(C)CC(OC(=O)c2ccc(Br)nc2)C1. The Balaban J connectivity index is 1.96. The van der Waals surface area contributed by atoms with Gasteiger partial charge in [0.25, 0.3) is 0 Å². The van der Waals surface area contributed by atoms with Crippen LogP contribution in [0.5, 0.6) is 0 Å². The fraction of sp³-hybridized carbons (Fsp3) is 0.571. The van der Waals surface area contributed by atoms with E-state index in [1.807, 2.05) is 0 Å². The third kappa shape index (κ3) is 3.55. The molecule has 1 saturated carbocycles. The Kier molecular flexibility index (Phi) is 4.38. The first-order valence-electron chi connectivity index (χ1n) is 6.37. The van der Waals surface area contributed by atoms with E-state index in [0.29, 0.717) is 17.4 Å². The van der Waals surface area contributed by atoms with Gasteiger partial charge in [-0.2, -0.15) is 0 Å². The van der Waals surface area contributed by atoms with Crippen molar-refractivity contribution in [2.75, 3.05) is 0 Å². The molecule has 4 heteroatoms. The second-order valence-electron chi connectivity index (χ2n) is 5.31. The molecule has 0 saturated heterocycles. The minimum absolute atomic E-state index is 0.0555. The van der Waals surface area contributed by atoms with Gasteiger partial charge in [0, 0.05) is 6.20 Å². The molecule has 2 rings (SSSR count). The van der Waals surface area contributed by atoms with Crippen LogP contribution in [0.25, 0.3) is 0 Å². The van der Waals surface area contributed by atoms with Crippen LogP contribution in [0, 0.1) is 11.8 Å². The van der Waals surface area contributed by atoms with Crippen molar-refractivity contribution in [2.45, 2.75) is 39.2 Å². The van der Waals surface area contributed by atoms with Crippen LogP contribution in [0.2, 0.25) is 0 Å². The number of carbonyl (C=O) groups is 1. The van der Waals surface area contributed by atoms with Crippen LogP contribution < -0.4 is 0 Å². The van der Waals surface area contributed by atoms with Gasteiger partial charge in [-0.25, -0.2) is 9.78 Å². The van der Waals surface area contributed by atoms with Crippen LogP contribution in [0.15, 0.2) is 22.9 Å². The lowest BCUT2D eigenvalue weighted by atomic mass is 9.82. The summed E-state index contributed by atoms with van der Waals surface area (Å²) in [4.78, 5) is 16.0. The van der Waals surface area contributed by atoms with Crippen LogP contribution in [-0.2, 0) is 4.74 Å². The number of ether oxygens (including phenoxy) is 1. The Bertz CT molecular complexity index is 408. The molecule has 1 aliphatic carbocycles. The summed E-state index contributed by atoms with van der Waals surface area (Å²) in [5, 5.41) is 0. The Morgan fingerprint density at radius 2 is 1.94 bits per heavy atom. The van der Waals surface area contributed by atoms with E-state index in [2.05, 4.69) is 34.8 Å². The first-order chi connectivity index (χ1) is 8.54. The maximum atomic E-state index is 12.0. The van der Waals surface area contributed by atoms with E-state index in [9.17, 15) is 4.79 Å². The highest BCUT2D eigenvalue weighted by molar-refractivity contribution is 9.10. The van der Waals surface area contributed by atoms with Crippen molar-refractivity contribution in [1.82, 2.24) is 4.98 Å². The van der Waals surface area contributed by atoms with Crippen LogP contribution >= 0.6 is 15.9 Å². The number of hydrogen-bond acceptors (Lipinski definition) is 3. The number of halogens is 1. The van der Waals surface area contributed by atoms with E-state index in [0.717, 1.165) is 17.4 Å². The molecule has 3 nitrogen and oxygen atoms in total. The van der Waals surface area contributed by atoms with Crippen molar-refractivity contribution in [3.05, 3.63) is 28.5 Å². The first-order valence-corrected chi connectivity index (χ1v) is 7.16. The molecule has 0 spiro atoms. The smallest absolute Gasteiger partial charge is 0.339 e. The van der Waals surface area contributed by atoms with Crippen LogP contribution in [-0.4, -0.2) is 17.1 Å².